The molecule has 6 atom stereocenters. The first kappa shape index (κ1) is 46.4. The SMILES string of the molecule is CC/C=C\C/C=C\C/C=C\C/C=C\C/C=C\CCCCCC(=O)OC(COC(=O)CCCCCCCCC)COC1OC(CO)C(O)C(O)C1O. The largest absolute Gasteiger partial charge is 0.462 e. The van der Waals surface area contributed by atoms with E-state index in [-0.39, 0.29) is 26.1 Å². The van der Waals surface area contributed by atoms with Gasteiger partial charge in [0.15, 0.2) is 12.4 Å². The molecule has 51 heavy (non-hydrogen) atoms. The van der Waals surface area contributed by atoms with E-state index in [9.17, 15) is 30.0 Å². The normalized spacial score (nSPS) is 21.9. The van der Waals surface area contributed by atoms with Crippen LogP contribution < -0.4 is 0 Å². The fourth-order valence-electron chi connectivity index (χ4n) is 5.33. The first-order chi connectivity index (χ1) is 24.8. The van der Waals surface area contributed by atoms with Crippen LogP contribution in [-0.4, -0.2) is 89.0 Å². The predicted molar refractivity (Wildman–Crippen MR) is 201 cm³/mol. The van der Waals surface area contributed by atoms with Crippen LogP contribution in [0.1, 0.15) is 129 Å². The number of aliphatic hydroxyl groups is 4. The minimum atomic E-state index is -1.60. The van der Waals surface area contributed by atoms with Gasteiger partial charge in [0.1, 0.15) is 31.0 Å². The lowest BCUT2D eigenvalue weighted by Crippen LogP contribution is -2.59. The Labute approximate surface area is 307 Å². The van der Waals surface area contributed by atoms with Gasteiger partial charge in [0.25, 0.3) is 0 Å². The van der Waals surface area contributed by atoms with E-state index in [2.05, 4.69) is 74.6 Å². The van der Waals surface area contributed by atoms with E-state index < -0.39 is 55.4 Å². The zero-order valence-corrected chi connectivity index (χ0v) is 31.3. The van der Waals surface area contributed by atoms with Gasteiger partial charge in [-0.15, -0.1) is 0 Å². The molecule has 292 valence electrons. The van der Waals surface area contributed by atoms with E-state index in [1.807, 2.05) is 0 Å². The fraction of sp³-hybridized carbons (Fsp3) is 0.707. The lowest BCUT2D eigenvalue weighted by Gasteiger charge is -2.39. The van der Waals surface area contributed by atoms with Gasteiger partial charge in [-0.1, -0.05) is 120 Å². The predicted octanol–water partition coefficient (Wildman–Crippen LogP) is 7.10. The van der Waals surface area contributed by atoms with E-state index in [1.54, 1.807) is 0 Å². The minimum absolute atomic E-state index is 0.189. The third kappa shape index (κ3) is 24.3. The molecule has 0 aliphatic carbocycles. The van der Waals surface area contributed by atoms with Crippen LogP contribution in [0.4, 0.5) is 0 Å². The van der Waals surface area contributed by atoms with Crippen molar-refractivity contribution < 1.29 is 49.0 Å². The molecule has 0 spiro atoms. The molecule has 0 saturated carbocycles. The van der Waals surface area contributed by atoms with E-state index in [0.717, 1.165) is 77.0 Å². The summed E-state index contributed by atoms with van der Waals surface area (Å²) in [6.45, 7) is 3.19. The number of hydrogen-bond acceptors (Lipinski definition) is 10. The molecule has 1 aliphatic heterocycles. The Morgan fingerprint density at radius 1 is 0.627 bits per heavy atom. The summed E-state index contributed by atoms with van der Waals surface area (Å²) in [5, 5.41) is 39.8. The van der Waals surface area contributed by atoms with Gasteiger partial charge >= 0.3 is 11.9 Å². The summed E-state index contributed by atoms with van der Waals surface area (Å²) in [5.41, 5.74) is 0. The molecule has 10 nitrogen and oxygen atoms in total. The van der Waals surface area contributed by atoms with E-state index in [1.165, 1.54) is 19.3 Å². The maximum atomic E-state index is 12.7. The highest BCUT2D eigenvalue weighted by Gasteiger charge is 2.44. The number of allylic oxidation sites excluding steroid dienone is 10. The first-order valence-corrected chi connectivity index (χ1v) is 19.4. The third-order valence-corrected chi connectivity index (χ3v) is 8.42. The van der Waals surface area contributed by atoms with Gasteiger partial charge in [0.05, 0.1) is 13.2 Å². The highest BCUT2D eigenvalue weighted by atomic mass is 16.7. The molecule has 4 N–H and O–H groups in total. The Bertz CT molecular complexity index is 1020. The molecule has 1 saturated heterocycles. The van der Waals surface area contributed by atoms with Crippen molar-refractivity contribution in [1.29, 1.82) is 0 Å². The van der Waals surface area contributed by atoms with Crippen LogP contribution >= 0.6 is 0 Å². The van der Waals surface area contributed by atoms with Crippen LogP contribution in [0.3, 0.4) is 0 Å². The molecule has 1 rings (SSSR count). The van der Waals surface area contributed by atoms with Crippen molar-refractivity contribution >= 4 is 11.9 Å². The van der Waals surface area contributed by atoms with Crippen LogP contribution in [0.2, 0.25) is 0 Å². The maximum Gasteiger partial charge on any atom is 0.306 e. The molecule has 10 heteroatoms. The van der Waals surface area contributed by atoms with Gasteiger partial charge in [-0.3, -0.25) is 9.59 Å². The molecule has 0 amide bonds. The monoisotopic (exact) mass is 720 g/mol. The van der Waals surface area contributed by atoms with Crippen LogP contribution in [0.15, 0.2) is 60.8 Å². The van der Waals surface area contributed by atoms with E-state index in [0.29, 0.717) is 6.42 Å². The van der Waals surface area contributed by atoms with Crippen molar-refractivity contribution in [2.24, 2.45) is 0 Å². The number of carbonyl (C=O) groups is 2. The molecule has 0 aromatic heterocycles. The second-order valence-corrected chi connectivity index (χ2v) is 13.0. The molecule has 1 fully saturated rings. The maximum absolute atomic E-state index is 12.7. The second-order valence-electron chi connectivity index (χ2n) is 13.0. The number of rotatable bonds is 30. The van der Waals surface area contributed by atoms with Crippen molar-refractivity contribution in [2.45, 2.75) is 166 Å². The summed E-state index contributed by atoms with van der Waals surface area (Å²) < 4.78 is 21.9. The van der Waals surface area contributed by atoms with Crippen LogP contribution in [0.25, 0.3) is 0 Å². The first-order valence-electron chi connectivity index (χ1n) is 19.4. The number of carbonyl (C=O) groups excluding carboxylic acids is 2. The number of ether oxygens (including phenoxy) is 4. The lowest BCUT2D eigenvalue weighted by atomic mass is 9.99. The summed E-state index contributed by atoms with van der Waals surface area (Å²) >= 11 is 0. The molecular weight excluding hydrogens is 652 g/mol. The topological polar surface area (TPSA) is 152 Å². The summed E-state index contributed by atoms with van der Waals surface area (Å²) in [7, 11) is 0. The van der Waals surface area contributed by atoms with Gasteiger partial charge in [-0.25, -0.2) is 0 Å². The number of aliphatic hydroxyl groups excluding tert-OH is 4. The zero-order chi connectivity index (χ0) is 37.4. The molecule has 1 heterocycles. The Hall–Kier alpha value is -2.60. The Morgan fingerprint density at radius 2 is 1.16 bits per heavy atom. The molecule has 0 radical (unpaired) electrons. The zero-order valence-electron chi connectivity index (χ0n) is 31.3. The van der Waals surface area contributed by atoms with Gasteiger partial charge in [-0.05, 0) is 57.8 Å². The minimum Gasteiger partial charge on any atom is -0.462 e. The van der Waals surface area contributed by atoms with Crippen molar-refractivity contribution in [3.8, 4) is 0 Å². The molecule has 1 aliphatic rings. The lowest BCUT2D eigenvalue weighted by molar-refractivity contribution is -0.305. The highest BCUT2D eigenvalue weighted by molar-refractivity contribution is 5.70. The summed E-state index contributed by atoms with van der Waals surface area (Å²) in [4.78, 5) is 25.0. The standard InChI is InChI=1S/C41H68O10/c1-3-5-7-9-11-12-13-14-15-16-17-18-19-20-21-22-24-26-28-30-37(44)50-34(32-48-36(43)29-27-25-23-10-8-6-4-2)33-49-41-40(47)39(46)38(45)35(31-42)51-41/h5,7,11-12,14-15,17-18,20-21,34-35,38-42,45-47H,3-4,6,8-10,13,16,19,22-33H2,1-2H3/b7-5-,12-11-,15-14-,18-17-,21-20-. The second kappa shape index (κ2) is 32.1. The van der Waals surface area contributed by atoms with Crippen LogP contribution in [0.5, 0.6) is 0 Å². The van der Waals surface area contributed by atoms with Crippen molar-refractivity contribution in [2.75, 3.05) is 19.8 Å². The number of esters is 2. The van der Waals surface area contributed by atoms with Crippen LogP contribution in [0, 0.1) is 0 Å². The molecular formula is C41H68O10. The van der Waals surface area contributed by atoms with Crippen LogP contribution in [-0.2, 0) is 28.5 Å². The average molecular weight is 721 g/mol. The van der Waals surface area contributed by atoms with Gasteiger partial charge in [0.2, 0.25) is 0 Å². The summed E-state index contributed by atoms with van der Waals surface area (Å²) in [6.07, 6.45) is 29.7. The summed E-state index contributed by atoms with van der Waals surface area (Å²) in [6, 6.07) is 0. The molecule has 0 bridgehead atoms. The summed E-state index contributed by atoms with van der Waals surface area (Å²) in [5.74, 6) is -0.858. The molecule has 0 aromatic carbocycles. The van der Waals surface area contributed by atoms with E-state index in [4.69, 9.17) is 18.9 Å². The van der Waals surface area contributed by atoms with Crippen molar-refractivity contribution in [3.63, 3.8) is 0 Å². The fourth-order valence-corrected chi connectivity index (χ4v) is 5.33. The van der Waals surface area contributed by atoms with E-state index >= 15 is 0 Å². The van der Waals surface area contributed by atoms with Gasteiger partial charge in [0, 0.05) is 12.8 Å². The third-order valence-electron chi connectivity index (χ3n) is 8.42. The molecule has 0 aromatic rings. The Balaban J connectivity index is 2.39. The smallest absolute Gasteiger partial charge is 0.306 e. The average Bonchev–Trinajstić information content (AvgIpc) is 3.13. The quantitative estimate of drug-likeness (QED) is 0.0344. The highest BCUT2D eigenvalue weighted by Crippen LogP contribution is 2.22. The molecule has 6 unspecified atom stereocenters. The number of hydrogen-bond donors (Lipinski definition) is 4. The number of unbranched alkanes of at least 4 members (excludes halogenated alkanes) is 9. The van der Waals surface area contributed by atoms with Crippen molar-refractivity contribution in [3.05, 3.63) is 60.8 Å². The Morgan fingerprint density at radius 3 is 1.75 bits per heavy atom. The van der Waals surface area contributed by atoms with Gasteiger partial charge < -0.3 is 39.4 Å². The Kier molecular flexibility index (Phi) is 29.2. The van der Waals surface area contributed by atoms with Crippen molar-refractivity contribution in [1.82, 2.24) is 0 Å². The van der Waals surface area contributed by atoms with Gasteiger partial charge in [-0.2, -0.15) is 0 Å².